The van der Waals surface area contributed by atoms with Crippen LogP contribution in [0.2, 0.25) is 0 Å². The van der Waals surface area contributed by atoms with Gasteiger partial charge in [0.1, 0.15) is 12.3 Å². The molecule has 0 aliphatic rings. The van der Waals surface area contributed by atoms with E-state index in [0.717, 1.165) is 0 Å². The van der Waals surface area contributed by atoms with Crippen molar-refractivity contribution >= 4 is 39.4 Å². The number of aromatic nitrogens is 1. The molecule has 0 saturated heterocycles. The third-order valence-electron chi connectivity index (χ3n) is 4.91. The molecule has 1 N–H and O–H groups in total. The van der Waals surface area contributed by atoms with Crippen molar-refractivity contribution < 1.29 is 19.1 Å². The van der Waals surface area contributed by atoms with Crippen LogP contribution < -0.4 is 15.5 Å². The Labute approximate surface area is 177 Å². The maximum Gasteiger partial charge on any atom is 0.326 e. The minimum atomic E-state index is -0.589. The van der Waals surface area contributed by atoms with Crippen LogP contribution in [0.15, 0.2) is 77.6 Å². The van der Waals surface area contributed by atoms with Gasteiger partial charge in [-0.2, -0.15) is 0 Å². The fourth-order valence-electron chi connectivity index (χ4n) is 3.50. The molecule has 1 amide bonds. The zero-order valence-corrected chi connectivity index (χ0v) is 16.8. The summed E-state index contributed by atoms with van der Waals surface area (Å²) >= 11 is 0. The number of rotatable bonds is 6. The zero-order chi connectivity index (χ0) is 21.8. The molecule has 0 aliphatic heterocycles. The van der Waals surface area contributed by atoms with Crippen LogP contribution in [0.25, 0.3) is 21.8 Å². The van der Waals surface area contributed by atoms with Crippen molar-refractivity contribution in [1.29, 1.82) is 0 Å². The number of fused-ring (bicyclic) bond motifs is 2. The predicted molar refractivity (Wildman–Crippen MR) is 118 cm³/mol. The molecule has 0 bridgehead atoms. The molecule has 4 aromatic rings. The first kappa shape index (κ1) is 20.2. The highest BCUT2D eigenvalue weighted by Gasteiger charge is 2.15. The van der Waals surface area contributed by atoms with E-state index in [-0.39, 0.29) is 12.0 Å². The van der Waals surface area contributed by atoms with Crippen molar-refractivity contribution in [3.05, 3.63) is 83.0 Å². The first-order chi connectivity index (χ1) is 15.1. The highest BCUT2D eigenvalue weighted by atomic mass is 16.5. The molecule has 0 aliphatic carbocycles. The number of anilines is 1. The van der Waals surface area contributed by atoms with Gasteiger partial charge in [-0.15, -0.1) is 0 Å². The number of hydrogen-bond donors (Lipinski definition) is 1. The summed E-state index contributed by atoms with van der Waals surface area (Å²) in [5.41, 5.74) is 1.65. The van der Waals surface area contributed by atoms with E-state index in [2.05, 4.69) is 5.32 Å². The molecule has 0 spiro atoms. The average molecular weight is 416 g/mol. The molecule has 156 valence electrons. The fraction of sp³-hybridized carbons (Fsp3) is 0.125. The Morgan fingerprint density at radius 1 is 0.871 bits per heavy atom. The lowest BCUT2D eigenvalue weighted by Crippen LogP contribution is -2.24. The smallest absolute Gasteiger partial charge is 0.326 e. The summed E-state index contributed by atoms with van der Waals surface area (Å²) in [6, 6.07) is 21.1. The van der Waals surface area contributed by atoms with E-state index in [4.69, 9.17) is 9.47 Å². The van der Waals surface area contributed by atoms with E-state index in [1.54, 1.807) is 77.4 Å². The average Bonchev–Trinajstić information content (AvgIpc) is 2.81. The van der Waals surface area contributed by atoms with Crippen molar-refractivity contribution in [3.8, 4) is 5.75 Å². The van der Waals surface area contributed by atoms with E-state index in [1.165, 1.54) is 7.11 Å². The predicted octanol–water partition coefficient (Wildman–Crippen LogP) is 3.35. The number of pyridine rings is 1. The number of amides is 1. The summed E-state index contributed by atoms with van der Waals surface area (Å²) in [6.07, 6.45) is 0. The van der Waals surface area contributed by atoms with Crippen LogP contribution in [-0.4, -0.2) is 30.2 Å². The fourth-order valence-corrected chi connectivity index (χ4v) is 3.50. The van der Waals surface area contributed by atoms with Gasteiger partial charge in [0.05, 0.1) is 23.8 Å². The molecule has 1 heterocycles. The Balaban J connectivity index is 1.53. The second kappa shape index (κ2) is 8.71. The maximum atomic E-state index is 12.8. The summed E-state index contributed by atoms with van der Waals surface area (Å²) in [6.45, 7) is -0.573. The summed E-state index contributed by atoms with van der Waals surface area (Å²) in [4.78, 5) is 37.5. The van der Waals surface area contributed by atoms with Crippen molar-refractivity contribution in [1.82, 2.24) is 4.57 Å². The minimum absolute atomic E-state index is 0.0907. The molecule has 31 heavy (non-hydrogen) atoms. The van der Waals surface area contributed by atoms with Gasteiger partial charge >= 0.3 is 5.97 Å². The number of para-hydroxylation sites is 4. The van der Waals surface area contributed by atoms with Crippen LogP contribution in [-0.2, 0) is 20.9 Å². The Morgan fingerprint density at radius 2 is 1.45 bits per heavy atom. The van der Waals surface area contributed by atoms with E-state index in [9.17, 15) is 14.4 Å². The molecule has 7 nitrogen and oxygen atoms in total. The van der Waals surface area contributed by atoms with Gasteiger partial charge in [0.2, 0.25) is 0 Å². The van der Waals surface area contributed by atoms with Gasteiger partial charge < -0.3 is 19.4 Å². The molecule has 3 aromatic carbocycles. The lowest BCUT2D eigenvalue weighted by molar-refractivity contribution is -0.147. The summed E-state index contributed by atoms with van der Waals surface area (Å²) in [7, 11) is 1.50. The topological polar surface area (TPSA) is 86.6 Å². The monoisotopic (exact) mass is 416 g/mol. The number of ether oxygens (including phenoxy) is 2. The normalized spacial score (nSPS) is 10.7. The number of benzene rings is 3. The zero-order valence-electron chi connectivity index (χ0n) is 16.8. The number of carbonyl (C=O) groups is 2. The Hall–Kier alpha value is -4.13. The Bertz CT molecular complexity index is 1280. The molecule has 0 unspecified atom stereocenters. The number of carbonyl (C=O) groups excluding carboxylic acids is 2. The number of nitrogens with zero attached hydrogens (tertiary/aromatic N) is 1. The molecule has 1 aromatic heterocycles. The first-order valence-corrected chi connectivity index (χ1v) is 9.67. The highest BCUT2D eigenvalue weighted by Crippen LogP contribution is 2.23. The molecule has 7 heteroatoms. The standard InChI is InChI=1S/C24H20N2O5/c1-30-21-13-7-4-10-18(21)25-22(27)15-31-23(28)14-26-19-11-5-2-8-16(19)24(29)17-9-3-6-12-20(17)26/h2-13H,14-15H2,1H3,(H,25,27). The SMILES string of the molecule is COc1ccccc1NC(=O)COC(=O)Cn1c2ccccc2c(=O)c2ccccc21. The molecule has 0 radical (unpaired) electrons. The van der Waals surface area contributed by atoms with Crippen LogP contribution >= 0.6 is 0 Å². The van der Waals surface area contributed by atoms with Gasteiger partial charge in [0.15, 0.2) is 12.0 Å². The quantitative estimate of drug-likeness (QED) is 0.385. The third kappa shape index (κ3) is 4.11. The van der Waals surface area contributed by atoms with Crippen LogP contribution in [0, 0.1) is 0 Å². The van der Waals surface area contributed by atoms with Crippen molar-refractivity contribution in [2.24, 2.45) is 0 Å². The number of esters is 1. The Morgan fingerprint density at radius 3 is 2.10 bits per heavy atom. The molecule has 4 rings (SSSR count). The van der Waals surface area contributed by atoms with E-state index in [0.29, 0.717) is 33.2 Å². The van der Waals surface area contributed by atoms with Gasteiger partial charge in [0.25, 0.3) is 5.91 Å². The molecule has 0 saturated carbocycles. The van der Waals surface area contributed by atoms with Gasteiger partial charge in [0, 0.05) is 10.8 Å². The van der Waals surface area contributed by atoms with Gasteiger partial charge in [-0.1, -0.05) is 36.4 Å². The molecular formula is C24H20N2O5. The number of methoxy groups -OCH3 is 1. The largest absolute Gasteiger partial charge is 0.495 e. The van der Waals surface area contributed by atoms with Gasteiger partial charge in [-0.25, -0.2) is 0 Å². The van der Waals surface area contributed by atoms with Gasteiger partial charge in [-0.05, 0) is 36.4 Å². The van der Waals surface area contributed by atoms with E-state index < -0.39 is 18.5 Å². The lowest BCUT2D eigenvalue weighted by atomic mass is 10.1. The van der Waals surface area contributed by atoms with Crippen molar-refractivity contribution in [3.63, 3.8) is 0 Å². The minimum Gasteiger partial charge on any atom is -0.495 e. The number of hydrogen-bond acceptors (Lipinski definition) is 5. The van der Waals surface area contributed by atoms with Crippen LogP contribution in [0.3, 0.4) is 0 Å². The van der Waals surface area contributed by atoms with E-state index in [1.807, 2.05) is 0 Å². The van der Waals surface area contributed by atoms with Crippen LogP contribution in [0.4, 0.5) is 5.69 Å². The van der Waals surface area contributed by atoms with Crippen molar-refractivity contribution in [2.75, 3.05) is 19.0 Å². The highest BCUT2D eigenvalue weighted by molar-refractivity contribution is 5.96. The summed E-state index contributed by atoms with van der Waals surface area (Å²) in [5, 5.41) is 3.69. The van der Waals surface area contributed by atoms with Crippen molar-refractivity contribution in [2.45, 2.75) is 6.54 Å². The second-order valence-corrected chi connectivity index (χ2v) is 6.86. The van der Waals surface area contributed by atoms with Crippen LogP contribution in [0.5, 0.6) is 5.75 Å². The van der Waals surface area contributed by atoms with Gasteiger partial charge in [-0.3, -0.25) is 14.4 Å². The maximum absolute atomic E-state index is 12.8. The summed E-state index contributed by atoms with van der Waals surface area (Å²) < 4.78 is 12.1. The second-order valence-electron chi connectivity index (χ2n) is 6.86. The lowest BCUT2D eigenvalue weighted by Gasteiger charge is -2.15. The molecular weight excluding hydrogens is 396 g/mol. The Kier molecular flexibility index (Phi) is 5.66. The van der Waals surface area contributed by atoms with Crippen LogP contribution in [0.1, 0.15) is 0 Å². The molecule has 0 atom stereocenters. The summed E-state index contributed by atoms with van der Waals surface area (Å²) in [5.74, 6) is -0.560. The number of nitrogens with one attached hydrogen (secondary N) is 1. The molecule has 0 fully saturated rings. The third-order valence-corrected chi connectivity index (χ3v) is 4.91. The first-order valence-electron chi connectivity index (χ1n) is 9.67. The van der Waals surface area contributed by atoms with E-state index >= 15 is 0 Å².